The van der Waals surface area contributed by atoms with Crippen LogP contribution in [0.1, 0.15) is 24.5 Å². The average molecular weight is 276 g/mol. The number of hydrogen-bond donors (Lipinski definition) is 2. The van der Waals surface area contributed by atoms with Crippen LogP contribution < -0.4 is 10.2 Å². The van der Waals surface area contributed by atoms with Gasteiger partial charge >= 0.3 is 5.97 Å². The Morgan fingerprint density at radius 2 is 2.20 bits per heavy atom. The highest BCUT2D eigenvalue weighted by Crippen LogP contribution is 2.27. The van der Waals surface area contributed by atoms with E-state index in [0.29, 0.717) is 6.42 Å². The monoisotopic (exact) mass is 276 g/mol. The predicted octanol–water partition coefficient (Wildman–Crippen LogP) is 1.20. The van der Waals surface area contributed by atoms with Gasteiger partial charge in [0.05, 0.1) is 0 Å². The van der Waals surface area contributed by atoms with Crippen molar-refractivity contribution < 1.29 is 14.7 Å². The van der Waals surface area contributed by atoms with Crippen LogP contribution in [0, 0.1) is 0 Å². The van der Waals surface area contributed by atoms with Gasteiger partial charge in [-0.15, -0.1) is 0 Å². The lowest BCUT2D eigenvalue weighted by atomic mass is 9.97. The van der Waals surface area contributed by atoms with Crippen LogP contribution in [0.5, 0.6) is 0 Å². The number of benzene rings is 1. The SMILES string of the molecule is CC(=O)NC(Cc1ccc2c(c1)CCCN2C)C(=O)O. The molecule has 0 radical (unpaired) electrons. The van der Waals surface area contributed by atoms with Crippen molar-refractivity contribution in [1.29, 1.82) is 0 Å². The fourth-order valence-electron chi connectivity index (χ4n) is 2.65. The quantitative estimate of drug-likeness (QED) is 0.867. The van der Waals surface area contributed by atoms with Crippen molar-refractivity contribution in [2.24, 2.45) is 0 Å². The van der Waals surface area contributed by atoms with Crippen molar-refractivity contribution >= 4 is 17.6 Å². The third kappa shape index (κ3) is 3.29. The van der Waals surface area contributed by atoms with Gasteiger partial charge < -0.3 is 15.3 Å². The third-order valence-corrected chi connectivity index (χ3v) is 3.61. The van der Waals surface area contributed by atoms with Gasteiger partial charge in [-0.1, -0.05) is 12.1 Å². The fraction of sp³-hybridized carbons (Fsp3) is 0.467. The van der Waals surface area contributed by atoms with E-state index >= 15 is 0 Å². The Bertz CT molecular complexity index is 528. The molecule has 0 aromatic heterocycles. The molecule has 1 aromatic rings. The Labute approximate surface area is 118 Å². The molecular formula is C15H20N2O3. The maximum Gasteiger partial charge on any atom is 0.326 e. The van der Waals surface area contributed by atoms with Gasteiger partial charge in [0, 0.05) is 32.6 Å². The standard InChI is InChI=1S/C15H20N2O3/c1-10(18)16-13(15(19)20)9-11-5-6-14-12(8-11)4-3-7-17(14)2/h5-6,8,13H,3-4,7,9H2,1-2H3,(H,16,18)(H,19,20). The highest BCUT2D eigenvalue weighted by atomic mass is 16.4. The van der Waals surface area contributed by atoms with E-state index in [4.69, 9.17) is 5.11 Å². The average Bonchev–Trinajstić information content (AvgIpc) is 2.37. The second-order valence-corrected chi connectivity index (χ2v) is 5.28. The molecule has 1 aliphatic rings. The van der Waals surface area contributed by atoms with Crippen LogP contribution in [0.25, 0.3) is 0 Å². The number of hydrogen-bond acceptors (Lipinski definition) is 3. The molecule has 2 N–H and O–H groups in total. The Kier molecular flexibility index (Phi) is 4.27. The molecule has 1 unspecified atom stereocenters. The molecule has 0 fully saturated rings. The van der Waals surface area contributed by atoms with Crippen molar-refractivity contribution in [3.05, 3.63) is 29.3 Å². The summed E-state index contributed by atoms with van der Waals surface area (Å²) in [6.45, 7) is 2.38. The predicted molar refractivity (Wildman–Crippen MR) is 77.0 cm³/mol. The number of anilines is 1. The van der Waals surface area contributed by atoms with Crippen LogP contribution in [-0.4, -0.2) is 36.6 Å². The molecule has 0 aliphatic carbocycles. The molecule has 5 heteroatoms. The summed E-state index contributed by atoms with van der Waals surface area (Å²) in [5, 5.41) is 11.6. The van der Waals surface area contributed by atoms with Gasteiger partial charge in [0.1, 0.15) is 6.04 Å². The first-order chi connectivity index (χ1) is 9.47. The molecule has 0 saturated heterocycles. The molecule has 1 atom stereocenters. The molecule has 1 aromatic carbocycles. The molecule has 108 valence electrons. The second-order valence-electron chi connectivity index (χ2n) is 5.28. The summed E-state index contributed by atoms with van der Waals surface area (Å²) in [7, 11) is 2.06. The van der Waals surface area contributed by atoms with Crippen molar-refractivity contribution in [2.75, 3.05) is 18.5 Å². The summed E-state index contributed by atoms with van der Waals surface area (Å²) in [4.78, 5) is 24.4. The summed E-state index contributed by atoms with van der Waals surface area (Å²) in [6, 6.07) is 5.17. The number of carbonyl (C=O) groups is 2. The van der Waals surface area contributed by atoms with Crippen molar-refractivity contribution in [2.45, 2.75) is 32.2 Å². The van der Waals surface area contributed by atoms with Gasteiger partial charge in [0.25, 0.3) is 0 Å². The lowest BCUT2D eigenvalue weighted by Crippen LogP contribution is -2.41. The van der Waals surface area contributed by atoms with Crippen LogP contribution in [-0.2, 0) is 22.4 Å². The van der Waals surface area contributed by atoms with E-state index in [1.807, 2.05) is 12.1 Å². The fourth-order valence-corrected chi connectivity index (χ4v) is 2.65. The van der Waals surface area contributed by atoms with Crippen LogP contribution in [0.15, 0.2) is 18.2 Å². The zero-order chi connectivity index (χ0) is 14.7. The number of carboxylic acid groups (broad SMARTS) is 1. The smallest absolute Gasteiger partial charge is 0.326 e. The van der Waals surface area contributed by atoms with Crippen molar-refractivity contribution in [3.8, 4) is 0 Å². The topological polar surface area (TPSA) is 69.6 Å². The minimum atomic E-state index is -1.00. The second kappa shape index (κ2) is 5.94. The number of fused-ring (bicyclic) bond motifs is 1. The van der Waals surface area contributed by atoms with Crippen LogP contribution in [0.2, 0.25) is 0 Å². The highest BCUT2D eigenvalue weighted by molar-refractivity contribution is 5.82. The minimum Gasteiger partial charge on any atom is -0.480 e. The van der Waals surface area contributed by atoms with Gasteiger partial charge in [-0.05, 0) is 30.0 Å². The molecule has 0 spiro atoms. The molecule has 20 heavy (non-hydrogen) atoms. The van der Waals surface area contributed by atoms with Gasteiger partial charge in [0.15, 0.2) is 0 Å². The summed E-state index contributed by atoms with van der Waals surface area (Å²) >= 11 is 0. The van der Waals surface area contributed by atoms with E-state index in [-0.39, 0.29) is 5.91 Å². The summed E-state index contributed by atoms with van der Waals surface area (Å²) in [5.41, 5.74) is 3.41. The van der Waals surface area contributed by atoms with Gasteiger partial charge in [-0.25, -0.2) is 4.79 Å². The molecule has 0 bridgehead atoms. The number of nitrogens with one attached hydrogen (secondary N) is 1. The molecule has 1 aliphatic heterocycles. The number of rotatable bonds is 4. The maximum absolute atomic E-state index is 11.2. The van der Waals surface area contributed by atoms with Crippen LogP contribution >= 0.6 is 0 Å². The van der Waals surface area contributed by atoms with E-state index in [9.17, 15) is 9.59 Å². The first-order valence-corrected chi connectivity index (χ1v) is 6.80. The molecule has 5 nitrogen and oxygen atoms in total. The number of carboxylic acids is 1. The van der Waals surface area contributed by atoms with Gasteiger partial charge in [-0.3, -0.25) is 4.79 Å². The number of aryl methyl sites for hydroxylation is 1. The van der Waals surface area contributed by atoms with Gasteiger partial charge in [-0.2, -0.15) is 0 Å². The van der Waals surface area contributed by atoms with E-state index in [1.54, 1.807) is 0 Å². The van der Waals surface area contributed by atoms with Crippen LogP contribution in [0.4, 0.5) is 5.69 Å². The van der Waals surface area contributed by atoms with Gasteiger partial charge in [0.2, 0.25) is 5.91 Å². The van der Waals surface area contributed by atoms with Crippen molar-refractivity contribution in [3.63, 3.8) is 0 Å². The highest BCUT2D eigenvalue weighted by Gasteiger charge is 2.20. The number of aliphatic carboxylic acids is 1. The van der Waals surface area contributed by atoms with Crippen molar-refractivity contribution in [1.82, 2.24) is 5.32 Å². The summed E-state index contributed by atoms with van der Waals surface area (Å²) in [6.07, 6.45) is 2.44. The molecule has 2 rings (SSSR count). The van der Waals surface area contributed by atoms with E-state index in [0.717, 1.165) is 24.9 Å². The number of nitrogens with zero attached hydrogens (tertiary/aromatic N) is 1. The molecular weight excluding hydrogens is 256 g/mol. The minimum absolute atomic E-state index is 0.311. The molecule has 1 amide bonds. The summed E-state index contributed by atoms with van der Waals surface area (Å²) < 4.78 is 0. The normalized spacial score (nSPS) is 15.4. The van der Waals surface area contributed by atoms with E-state index in [1.165, 1.54) is 18.2 Å². The number of amides is 1. The zero-order valence-corrected chi connectivity index (χ0v) is 11.8. The molecule has 1 heterocycles. The third-order valence-electron chi connectivity index (χ3n) is 3.61. The lowest BCUT2D eigenvalue weighted by molar-refractivity contribution is -0.141. The van der Waals surface area contributed by atoms with E-state index < -0.39 is 12.0 Å². The maximum atomic E-state index is 11.2. The van der Waals surface area contributed by atoms with Crippen LogP contribution in [0.3, 0.4) is 0 Å². The first-order valence-electron chi connectivity index (χ1n) is 6.80. The Hall–Kier alpha value is -2.04. The van der Waals surface area contributed by atoms with E-state index in [2.05, 4.69) is 23.3 Å². The zero-order valence-electron chi connectivity index (χ0n) is 11.8. The Balaban J connectivity index is 2.16. The Morgan fingerprint density at radius 3 is 2.85 bits per heavy atom. The number of carbonyl (C=O) groups excluding carboxylic acids is 1. The summed E-state index contributed by atoms with van der Waals surface area (Å²) in [5.74, 6) is -1.33. The lowest BCUT2D eigenvalue weighted by Gasteiger charge is -2.28. The Morgan fingerprint density at radius 1 is 1.45 bits per heavy atom. The first kappa shape index (κ1) is 14.4. The largest absolute Gasteiger partial charge is 0.480 e. The molecule has 0 saturated carbocycles.